The zero-order chi connectivity index (χ0) is 15.5. The summed E-state index contributed by atoms with van der Waals surface area (Å²) in [5, 5.41) is 0. The third kappa shape index (κ3) is 7.10. The summed E-state index contributed by atoms with van der Waals surface area (Å²) in [6.07, 6.45) is 11.2. The van der Waals surface area contributed by atoms with Crippen LogP contribution in [0.2, 0.25) is 0 Å². The second kappa shape index (κ2) is 10.2. The van der Waals surface area contributed by atoms with E-state index in [0.717, 1.165) is 27.5 Å². The molecule has 108 valence electrons. The number of rotatable bonds is 6. The molecule has 0 radical (unpaired) electrons. The van der Waals surface area contributed by atoms with Crippen LogP contribution in [-0.2, 0) is 0 Å². The van der Waals surface area contributed by atoms with Gasteiger partial charge in [-0.25, -0.2) is 0 Å². The van der Waals surface area contributed by atoms with Gasteiger partial charge in [0.25, 0.3) is 0 Å². The van der Waals surface area contributed by atoms with Crippen LogP contribution in [0, 0.1) is 0 Å². The number of aliphatic imine (C=N–C) groups is 2. The van der Waals surface area contributed by atoms with Gasteiger partial charge in [-0.15, -0.1) is 12.6 Å². The van der Waals surface area contributed by atoms with Gasteiger partial charge >= 0.3 is 0 Å². The van der Waals surface area contributed by atoms with Crippen molar-refractivity contribution in [3.8, 4) is 0 Å². The Labute approximate surface area is 128 Å². The molecular weight excluding hydrogens is 264 g/mol. The van der Waals surface area contributed by atoms with Crippen LogP contribution in [0.25, 0.3) is 0 Å². The second-order valence-electron chi connectivity index (χ2n) is 4.23. The highest BCUT2D eigenvalue weighted by Gasteiger charge is 2.01. The highest BCUT2D eigenvalue weighted by atomic mass is 32.1. The van der Waals surface area contributed by atoms with Crippen molar-refractivity contribution in [3.63, 3.8) is 0 Å². The molecule has 0 rings (SSSR count). The van der Waals surface area contributed by atoms with E-state index in [1.165, 1.54) is 0 Å². The van der Waals surface area contributed by atoms with E-state index in [1.54, 1.807) is 12.3 Å². The maximum Gasteiger partial charge on any atom is 0.0404 e. The van der Waals surface area contributed by atoms with Crippen LogP contribution in [-0.4, -0.2) is 11.9 Å². The molecule has 0 heterocycles. The van der Waals surface area contributed by atoms with Crippen molar-refractivity contribution < 1.29 is 0 Å². The Kier molecular flexibility index (Phi) is 9.39. The van der Waals surface area contributed by atoms with Crippen LogP contribution >= 0.6 is 12.6 Å². The molecule has 0 saturated carbocycles. The minimum atomic E-state index is 0.794. The van der Waals surface area contributed by atoms with Crippen LogP contribution in [0.5, 0.6) is 0 Å². The highest BCUT2D eigenvalue weighted by molar-refractivity contribution is 7.84. The number of thiol groups is 1. The first-order valence-corrected chi connectivity index (χ1v) is 6.97. The monoisotopic (exact) mass is 288 g/mol. The van der Waals surface area contributed by atoms with E-state index in [9.17, 15) is 0 Å². The molecule has 0 amide bonds. The Bertz CT molecular complexity index is 515. The van der Waals surface area contributed by atoms with Crippen molar-refractivity contribution in [3.05, 3.63) is 58.8 Å². The van der Waals surface area contributed by atoms with Gasteiger partial charge in [0.1, 0.15) is 0 Å². The summed E-state index contributed by atoms with van der Waals surface area (Å²) >= 11 is 4.35. The van der Waals surface area contributed by atoms with Gasteiger partial charge in [-0.3, -0.25) is 9.98 Å². The summed E-state index contributed by atoms with van der Waals surface area (Å²) in [4.78, 5) is 9.54. The number of hydrogen-bond acceptors (Lipinski definition) is 3. The summed E-state index contributed by atoms with van der Waals surface area (Å²) in [7, 11) is 0. The van der Waals surface area contributed by atoms with Gasteiger partial charge in [0.05, 0.1) is 0 Å². The number of allylic oxidation sites excluding steroid dienone is 7. The van der Waals surface area contributed by atoms with E-state index >= 15 is 0 Å². The predicted molar refractivity (Wildman–Crippen MR) is 95.8 cm³/mol. The van der Waals surface area contributed by atoms with E-state index in [-0.39, 0.29) is 0 Å². The normalized spacial score (nSPS) is 16.0. The maximum atomic E-state index is 4.43. The topological polar surface area (TPSA) is 24.7 Å². The third-order valence-corrected chi connectivity index (χ3v) is 2.94. The first-order valence-electron chi connectivity index (χ1n) is 6.53. The highest BCUT2D eigenvalue weighted by Crippen LogP contribution is 2.20. The van der Waals surface area contributed by atoms with E-state index in [4.69, 9.17) is 0 Å². The molecule has 0 aromatic rings. The van der Waals surface area contributed by atoms with Gasteiger partial charge in [-0.2, -0.15) is 0 Å². The van der Waals surface area contributed by atoms with Crippen LogP contribution in [0.3, 0.4) is 0 Å². The third-order valence-electron chi connectivity index (χ3n) is 2.63. The standard InChI is InChI=1S/C17H24N2S/c1-7-10-13(4)19-12-16(11-17(20)8-2)14(5)15(6)18-9-3/h7-12,20H,2H2,1,3-6H3/b10-7-,15-14+,16-12-,17-11+,18-9-,19-13+. The van der Waals surface area contributed by atoms with Crippen molar-refractivity contribution >= 4 is 24.6 Å². The molecule has 0 fully saturated rings. The van der Waals surface area contributed by atoms with Crippen molar-refractivity contribution in [2.45, 2.75) is 34.6 Å². The maximum absolute atomic E-state index is 4.43. The average molecular weight is 288 g/mol. The molecule has 0 atom stereocenters. The smallest absolute Gasteiger partial charge is 0.0404 e. The molecular formula is C17H24N2S. The molecule has 0 saturated heterocycles. The quantitative estimate of drug-likeness (QED) is 0.390. The van der Waals surface area contributed by atoms with Crippen LogP contribution < -0.4 is 0 Å². The summed E-state index contributed by atoms with van der Waals surface area (Å²) in [6.45, 7) is 13.5. The molecule has 0 bridgehead atoms. The van der Waals surface area contributed by atoms with E-state index in [1.807, 2.05) is 59.0 Å². The van der Waals surface area contributed by atoms with Gasteiger partial charge in [0.15, 0.2) is 0 Å². The van der Waals surface area contributed by atoms with Crippen molar-refractivity contribution in [2.24, 2.45) is 9.98 Å². The van der Waals surface area contributed by atoms with Crippen LogP contribution in [0.1, 0.15) is 34.6 Å². The minimum Gasteiger partial charge on any atom is -0.266 e. The minimum absolute atomic E-state index is 0.794. The van der Waals surface area contributed by atoms with Gasteiger partial charge in [-0.05, 0) is 57.9 Å². The summed E-state index contributed by atoms with van der Waals surface area (Å²) in [5.41, 5.74) is 3.94. The Hall–Kier alpha value is -1.61. The zero-order valence-corrected chi connectivity index (χ0v) is 13.9. The lowest BCUT2D eigenvalue weighted by atomic mass is 10.1. The fraction of sp³-hybridized carbons (Fsp3) is 0.294. The summed E-state index contributed by atoms with van der Waals surface area (Å²) in [6, 6.07) is 0. The average Bonchev–Trinajstić information content (AvgIpc) is 2.42. The molecule has 0 aliphatic carbocycles. The Morgan fingerprint density at radius 3 is 2.30 bits per heavy atom. The molecule has 0 aromatic carbocycles. The van der Waals surface area contributed by atoms with Gasteiger partial charge in [-0.1, -0.05) is 18.7 Å². The zero-order valence-electron chi connectivity index (χ0n) is 13.0. The molecule has 0 spiro atoms. The fourth-order valence-electron chi connectivity index (χ4n) is 1.42. The van der Waals surface area contributed by atoms with E-state index < -0.39 is 0 Å². The predicted octanol–water partition coefficient (Wildman–Crippen LogP) is 5.29. The summed E-state index contributed by atoms with van der Waals surface area (Å²) in [5.74, 6) is 0. The summed E-state index contributed by atoms with van der Waals surface area (Å²) < 4.78 is 0. The van der Waals surface area contributed by atoms with Gasteiger partial charge < -0.3 is 0 Å². The Balaban J connectivity index is 5.75. The van der Waals surface area contributed by atoms with E-state index in [2.05, 4.69) is 29.2 Å². The molecule has 2 nitrogen and oxygen atoms in total. The first kappa shape index (κ1) is 18.4. The molecule has 0 aromatic heterocycles. The lowest BCUT2D eigenvalue weighted by molar-refractivity contribution is 1.21. The molecule has 3 heteroatoms. The Morgan fingerprint density at radius 1 is 1.15 bits per heavy atom. The molecule has 0 unspecified atom stereocenters. The largest absolute Gasteiger partial charge is 0.266 e. The first-order chi connectivity index (χ1) is 9.46. The van der Waals surface area contributed by atoms with Crippen LogP contribution in [0.15, 0.2) is 68.8 Å². The SMILES string of the molecule is C=C\C(S)=C/C(=C/N=C(C)/C=C\C)C(/C)=C(C)/N=C\C. The Morgan fingerprint density at radius 2 is 1.80 bits per heavy atom. The number of nitrogens with zero attached hydrogens (tertiary/aromatic N) is 2. The molecule has 20 heavy (non-hydrogen) atoms. The van der Waals surface area contributed by atoms with Crippen LogP contribution in [0.4, 0.5) is 0 Å². The van der Waals surface area contributed by atoms with E-state index in [0.29, 0.717) is 0 Å². The second-order valence-corrected chi connectivity index (χ2v) is 4.74. The lowest BCUT2D eigenvalue weighted by Crippen LogP contribution is -1.89. The number of hydrogen-bond donors (Lipinski definition) is 1. The lowest BCUT2D eigenvalue weighted by Gasteiger charge is -2.05. The molecule has 0 aliphatic heterocycles. The van der Waals surface area contributed by atoms with Crippen molar-refractivity contribution in [1.82, 2.24) is 0 Å². The van der Waals surface area contributed by atoms with Crippen molar-refractivity contribution in [2.75, 3.05) is 0 Å². The molecule has 0 N–H and O–H groups in total. The molecule has 0 aliphatic rings. The fourth-order valence-corrected chi connectivity index (χ4v) is 1.55. The van der Waals surface area contributed by atoms with Gasteiger partial charge in [0, 0.05) is 28.7 Å². The van der Waals surface area contributed by atoms with Gasteiger partial charge in [0.2, 0.25) is 0 Å². The van der Waals surface area contributed by atoms with Crippen molar-refractivity contribution in [1.29, 1.82) is 0 Å².